The molecule has 0 radical (unpaired) electrons. The first-order valence-electron chi connectivity index (χ1n) is 5.47. The first-order chi connectivity index (χ1) is 7.50. The maximum Gasteiger partial charge on any atom is 0.277 e. The number of carbonyl (C=O) groups excluding carboxylic acids is 1. The van der Waals surface area contributed by atoms with Gasteiger partial charge < -0.3 is 15.8 Å². The van der Waals surface area contributed by atoms with Gasteiger partial charge in [-0.25, -0.2) is 8.78 Å². The van der Waals surface area contributed by atoms with Crippen LogP contribution in [-0.2, 0) is 9.53 Å². The van der Waals surface area contributed by atoms with Gasteiger partial charge in [-0.2, -0.15) is 0 Å². The van der Waals surface area contributed by atoms with Crippen LogP contribution in [0.5, 0.6) is 0 Å². The molecule has 1 amide bonds. The summed E-state index contributed by atoms with van der Waals surface area (Å²) in [6, 6.07) is 0. The predicted octanol–water partition coefficient (Wildman–Crippen LogP) is 0.512. The molecule has 1 fully saturated rings. The summed E-state index contributed by atoms with van der Waals surface area (Å²) in [5.74, 6) is -3.70. The lowest BCUT2D eigenvalue weighted by Crippen LogP contribution is -2.44. The zero-order valence-electron chi connectivity index (χ0n) is 9.34. The van der Waals surface area contributed by atoms with Crippen molar-refractivity contribution >= 4 is 5.91 Å². The van der Waals surface area contributed by atoms with Gasteiger partial charge in [0.25, 0.3) is 5.92 Å². The second kappa shape index (κ2) is 5.54. The Morgan fingerprint density at radius 1 is 1.62 bits per heavy atom. The third kappa shape index (κ3) is 3.38. The molecule has 16 heavy (non-hydrogen) atoms. The smallest absolute Gasteiger partial charge is 0.277 e. The van der Waals surface area contributed by atoms with Crippen molar-refractivity contribution in [2.24, 2.45) is 11.7 Å². The van der Waals surface area contributed by atoms with Gasteiger partial charge in [0, 0.05) is 6.61 Å². The van der Waals surface area contributed by atoms with E-state index < -0.39 is 19.0 Å². The van der Waals surface area contributed by atoms with Gasteiger partial charge in [0.15, 0.2) is 0 Å². The van der Waals surface area contributed by atoms with Crippen molar-refractivity contribution in [1.29, 1.82) is 0 Å². The Morgan fingerprint density at radius 3 is 2.88 bits per heavy atom. The highest BCUT2D eigenvalue weighted by molar-refractivity contribution is 5.79. The Morgan fingerprint density at radius 2 is 2.31 bits per heavy atom. The summed E-state index contributed by atoms with van der Waals surface area (Å²) < 4.78 is 30.9. The Labute approximate surface area is 93.5 Å². The fraction of sp³-hybridized carbons (Fsp3) is 0.900. The van der Waals surface area contributed by atoms with Gasteiger partial charge in [0.2, 0.25) is 5.91 Å². The third-order valence-corrected chi connectivity index (χ3v) is 2.77. The van der Waals surface area contributed by atoms with Gasteiger partial charge in [-0.3, -0.25) is 4.79 Å². The number of carbonyl (C=O) groups is 1. The van der Waals surface area contributed by atoms with Gasteiger partial charge in [0.05, 0.1) is 25.1 Å². The molecule has 3 N–H and O–H groups in total. The van der Waals surface area contributed by atoms with Crippen molar-refractivity contribution in [2.75, 3.05) is 19.7 Å². The average molecular weight is 236 g/mol. The number of alkyl halides is 2. The lowest BCUT2D eigenvalue weighted by atomic mass is 9.98. The zero-order chi connectivity index (χ0) is 12.2. The zero-order valence-corrected chi connectivity index (χ0v) is 9.34. The molecule has 0 aromatic rings. The standard InChI is InChI=1S/C10H18F2N2O2/c1-2-8-7(3-4-16-8)9(15)14-6-10(11,12)5-13/h7-8H,2-6,13H2,1H3,(H,14,15). The topological polar surface area (TPSA) is 64.3 Å². The van der Waals surface area contributed by atoms with Crippen LogP contribution in [0, 0.1) is 5.92 Å². The molecule has 0 aromatic carbocycles. The van der Waals surface area contributed by atoms with Crippen molar-refractivity contribution in [1.82, 2.24) is 5.32 Å². The van der Waals surface area contributed by atoms with E-state index in [1.807, 2.05) is 6.92 Å². The number of hydrogen-bond donors (Lipinski definition) is 2. The number of nitrogens with two attached hydrogens (primary N) is 1. The van der Waals surface area contributed by atoms with Crippen LogP contribution >= 0.6 is 0 Å². The van der Waals surface area contributed by atoms with E-state index in [4.69, 9.17) is 10.5 Å². The number of rotatable bonds is 5. The fourth-order valence-electron chi connectivity index (χ4n) is 1.77. The molecule has 2 atom stereocenters. The van der Waals surface area contributed by atoms with Crippen LogP contribution in [0.2, 0.25) is 0 Å². The molecule has 0 aliphatic carbocycles. The molecular weight excluding hydrogens is 218 g/mol. The molecule has 94 valence electrons. The number of hydrogen-bond acceptors (Lipinski definition) is 3. The molecular formula is C10H18F2N2O2. The molecule has 1 rings (SSSR count). The van der Waals surface area contributed by atoms with E-state index in [1.165, 1.54) is 0 Å². The van der Waals surface area contributed by atoms with E-state index in [0.717, 1.165) is 0 Å². The van der Waals surface area contributed by atoms with Gasteiger partial charge in [-0.15, -0.1) is 0 Å². The second-order valence-electron chi connectivity index (χ2n) is 3.99. The quantitative estimate of drug-likeness (QED) is 0.731. The maximum absolute atomic E-state index is 12.8. The molecule has 0 bridgehead atoms. The predicted molar refractivity (Wildman–Crippen MR) is 55.1 cm³/mol. The van der Waals surface area contributed by atoms with Crippen molar-refractivity contribution in [3.8, 4) is 0 Å². The first-order valence-corrected chi connectivity index (χ1v) is 5.47. The summed E-state index contributed by atoms with van der Waals surface area (Å²) in [5, 5.41) is 2.23. The minimum Gasteiger partial charge on any atom is -0.377 e. The van der Waals surface area contributed by atoms with Crippen LogP contribution in [0.15, 0.2) is 0 Å². The van der Waals surface area contributed by atoms with Crippen LogP contribution in [0.25, 0.3) is 0 Å². The van der Waals surface area contributed by atoms with Crippen molar-refractivity contribution < 1.29 is 18.3 Å². The summed E-state index contributed by atoms with van der Waals surface area (Å²) in [7, 11) is 0. The number of amides is 1. The minimum atomic E-state index is -3.03. The van der Waals surface area contributed by atoms with Gasteiger partial charge in [-0.05, 0) is 12.8 Å². The first kappa shape index (κ1) is 13.3. The van der Waals surface area contributed by atoms with E-state index in [0.29, 0.717) is 19.4 Å². The number of nitrogens with one attached hydrogen (secondary N) is 1. The molecule has 2 unspecified atom stereocenters. The summed E-state index contributed by atoms with van der Waals surface area (Å²) in [5.41, 5.74) is 4.87. The maximum atomic E-state index is 12.8. The molecule has 1 aliphatic rings. The lowest BCUT2D eigenvalue weighted by Gasteiger charge is -2.19. The molecule has 4 nitrogen and oxygen atoms in total. The average Bonchev–Trinajstić information content (AvgIpc) is 2.74. The summed E-state index contributed by atoms with van der Waals surface area (Å²) in [6.07, 6.45) is 1.16. The summed E-state index contributed by atoms with van der Waals surface area (Å²) in [6.45, 7) is 0.968. The Hall–Kier alpha value is -0.750. The van der Waals surface area contributed by atoms with Crippen LogP contribution in [0.4, 0.5) is 8.78 Å². The molecule has 6 heteroatoms. The monoisotopic (exact) mass is 236 g/mol. The molecule has 0 saturated carbocycles. The van der Waals surface area contributed by atoms with Crippen molar-refractivity contribution in [3.05, 3.63) is 0 Å². The number of halogens is 2. The minimum absolute atomic E-state index is 0.147. The Kier molecular flexibility index (Phi) is 4.61. The van der Waals surface area contributed by atoms with Gasteiger partial charge >= 0.3 is 0 Å². The van der Waals surface area contributed by atoms with E-state index in [9.17, 15) is 13.6 Å². The molecule has 1 aliphatic heterocycles. The summed E-state index contributed by atoms with van der Waals surface area (Å²) >= 11 is 0. The third-order valence-electron chi connectivity index (χ3n) is 2.77. The summed E-state index contributed by atoms with van der Waals surface area (Å²) in [4.78, 5) is 11.6. The SMILES string of the molecule is CCC1OCCC1C(=O)NCC(F)(F)CN. The van der Waals surface area contributed by atoms with Gasteiger partial charge in [-0.1, -0.05) is 6.92 Å². The molecule has 0 spiro atoms. The molecule has 1 heterocycles. The molecule has 1 saturated heterocycles. The Balaban J connectivity index is 2.40. The van der Waals surface area contributed by atoms with Crippen LogP contribution < -0.4 is 11.1 Å². The Bertz CT molecular complexity index is 249. The van der Waals surface area contributed by atoms with E-state index in [1.54, 1.807) is 0 Å². The fourth-order valence-corrected chi connectivity index (χ4v) is 1.77. The normalized spacial score (nSPS) is 25.8. The number of ether oxygens (including phenoxy) is 1. The van der Waals surface area contributed by atoms with Crippen LogP contribution in [-0.4, -0.2) is 37.6 Å². The van der Waals surface area contributed by atoms with Gasteiger partial charge in [0.1, 0.15) is 0 Å². The lowest BCUT2D eigenvalue weighted by molar-refractivity contribution is -0.128. The van der Waals surface area contributed by atoms with Crippen molar-refractivity contribution in [3.63, 3.8) is 0 Å². The largest absolute Gasteiger partial charge is 0.377 e. The second-order valence-corrected chi connectivity index (χ2v) is 3.99. The van der Waals surface area contributed by atoms with Crippen LogP contribution in [0.1, 0.15) is 19.8 Å². The highest BCUT2D eigenvalue weighted by atomic mass is 19.3. The highest BCUT2D eigenvalue weighted by Crippen LogP contribution is 2.23. The van der Waals surface area contributed by atoms with E-state index in [2.05, 4.69) is 5.32 Å². The highest BCUT2D eigenvalue weighted by Gasteiger charge is 2.34. The van der Waals surface area contributed by atoms with Crippen molar-refractivity contribution in [2.45, 2.75) is 31.8 Å². The van der Waals surface area contributed by atoms with E-state index >= 15 is 0 Å². The van der Waals surface area contributed by atoms with Crippen LogP contribution in [0.3, 0.4) is 0 Å². The van der Waals surface area contributed by atoms with E-state index in [-0.39, 0.29) is 17.9 Å². The molecule has 0 aromatic heterocycles.